The Kier molecular flexibility index (Phi) is 6.76. The summed E-state index contributed by atoms with van der Waals surface area (Å²) in [6, 6.07) is 0. The van der Waals surface area contributed by atoms with E-state index < -0.39 is 0 Å². The van der Waals surface area contributed by atoms with Crippen molar-refractivity contribution in [2.24, 2.45) is 5.92 Å². The Morgan fingerprint density at radius 2 is 2.00 bits per heavy atom. The van der Waals surface area contributed by atoms with Gasteiger partial charge in [0, 0.05) is 13.5 Å². The van der Waals surface area contributed by atoms with Crippen molar-refractivity contribution in [1.82, 2.24) is 10.9 Å². The molecule has 0 fully saturated rings. The number of hydrogen-bond donors (Lipinski definition) is 2. The van der Waals surface area contributed by atoms with E-state index in [4.69, 9.17) is 0 Å². The second kappa shape index (κ2) is 7.10. The molecule has 0 bridgehead atoms. The van der Waals surface area contributed by atoms with Crippen LogP contribution in [0.2, 0.25) is 0 Å². The zero-order chi connectivity index (χ0) is 9.40. The molecule has 0 aromatic carbocycles. The van der Waals surface area contributed by atoms with Gasteiger partial charge in [-0.2, -0.15) is 0 Å². The lowest BCUT2D eigenvalue weighted by Gasteiger charge is -2.04. The van der Waals surface area contributed by atoms with Crippen molar-refractivity contribution >= 4 is 5.91 Å². The predicted octanol–water partition coefficient (Wildman–Crippen LogP) is 1.45. The fourth-order valence-electron chi connectivity index (χ4n) is 1.04. The molecule has 0 aliphatic carbocycles. The Morgan fingerprint density at radius 1 is 1.33 bits per heavy atom. The van der Waals surface area contributed by atoms with E-state index in [1.165, 1.54) is 6.42 Å². The monoisotopic (exact) mass is 172 g/mol. The van der Waals surface area contributed by atoms with Crippen molar-refractivity contribution in [2.75, 3.05) is 7.05 Å². The predicted molar refractivity (Wildman–Crippen MR) is 50.5 cm³/mol. The summed E-state index contributed by atoms with van der Waals surface area (Å²) in [5.41, 5.74) is 5.16. The number of carbonyl (C=O) groups excluding carboxylic acids is 1. The van der Waals surface area contributed by atoms with E-state index in [0.717, 1.165) is 18.8 Å². The first-order chi connectivity index (χ1) is 5.66. The van der Waals surface area contributed by atoms with E-state index in [0.29, 0.717) is 6.42 Å². The maximum atomic E-state index is 10.9. The summed E-state index contributed by atoms with van der Waals surface area (Å²) in [7, 11) is 1.70. The molecular formula is C9H20N2O. The van der Waals surface area contributed by atoms with Gasteiger partial charge in [-0.15, -0.1) is 0 Å². The number of amides is 1. The molecule has 0 aliphatic rings. The van der Waals surface area contributed by atoms with Crippen LogP contribution < -0.4 is 10.9 Å². The molecule has 0 unspecified atom stereocenters. The van der Waals surface area contributed by atoms with Crippen LogP contribution >= 0.6 is 0 Å². The van der Waals surface area contributed by atoms with E-state index in [1.807, 2.05) is 0 Å². The molecule has 0 radical (unpaired) electrons. The fourth-order valence-corrected chi connectivity index (χ4v) is 1.04. The highest BCUT2D eigenvalue weighted by atomic mass is 16.2. The summed E-state index contributed by atoms with van der Waals surface area (Å²) in [6.07, 6.45) is 3.99. The van der Waals surface area contributed by atoms with Gasteiger partial charge >= 0.3 is 0 Å². The molecule has 0 saturated heterocycles. The lowest BCUT2D eigenvalue weighted by atomic mass is 10.1. The third-order valence-corrected chi connectivity index (χ3v) is 1.70. The molecule has 12 heavy (non-hydrogen) atoms. The maximum absolute atomic E-state index is 10.9. The van der Waals surface area contributed by atoms with Crippen LogP contribution in [-0.2, 0) is 4.79 Å². The van der Waals surface area contributed by atoms with E-state index in [2.05, 4.69) is 24.7 Å². The summed E-state index contributed by atoms with van der Waals surface area (Å²) in [5.74, 6) is 0.832. The van der Waals surface area contributed by atoms with Gasteiger partial charge in [-0.25, -0.2) is 5.43 Å². The summed E-state index contributed by atoms with van der Waals surface area (Å²) < 4.78 is 0. The lowest BCUT2D eigenvalue weighted by molar-refractivity contribution is -0.122. The van der Waals surface area contributed by atoms with E-state index in [1.54, 1.807) is 7.05 Å². The third kappa shape index (κ3) is 7.54. The topological polar surface area (TPSA) is 41.1 Å². The Balaban J connectivity index is 3.14. The number of hydrazine groups is 1. The molecular weight excluding hydrogens is 152 g/mol. The van der Waals surface area contributed by atoms with Gasteiger partial charge in [-0.05, 0) is 12.3 Å². The highest BCUT2D eigenvalue weighted by molar-refractivity contribution is 5.75. The van der Waals surface area contributed by atoms with Crippen LogP contribution in [0.3, 0.4) is 0 Å². The third-order valence-electron chi connectivity index (χ3n) is 1.70. The van der Waals surface area contributed by atoms with Crippen LogP contribution in [0.4, 0.5) is 0 Å². The quantitative estimate of drug-likeness (QED) is 0.470. The highest BCUT2D eigenvalue weighted by Crippen LogP contribution is 2.07. The van der Waals surface area contributed by atoms with Crippen molar-refractivity contribution < 1.29 is 4.79 Å². The zero-order valence-corrected chi connectivity index (χ0v) is 8.31. The highest BCUT2D eigenvalue weighted by Gasteiger charge is 1.99. The van der Waals surface area contributed by atoms with Crippen molar-refractivity contribution in [2.45, 2.75) is 39.5 Å². The number of rotatable bonds is 6. The molecule has 1 amide bonds. The standard InChI is InChI=1S/C9H20N2O/c1-8(2)6-4-5-7-9(12)11-10-3/h8,10H,4-7H2,1-3H3,(H,11,12). The number of carbonyl (C=O) groups is 1. The van der Waals surface area contributed by atoms with Gasteiger partial charge in [0.05, 0.1) is 0 Å². The second-order valence-corrected chi connectivity index (χ2v) is 3.44. The van der Waals surface area contributed by atoms with Crippen molar-refractivity contribution in [3.8, 4) is 0 Å². The van der Waals surface area contributed by atoms with Crippen molar-refractivity contribution in [3.05, 3.63) is 0 Å². The van der Waals surface area contributed by atoms with Gasteiger partial charge in [0.25, 0.3) is 0 Å². The number of nitrogens with one attached hydrogen (secondary N) is 2. The van der Waals surface area contributed by atoms with Gasteiger partial charge < -0.3 is 0 Å². The summed E-state index contributed by atoms with van der Waals surface area (Å²) >= 11 is 0. The minimum atomic E-state index is 0.0845. The van der Waals surface area contributed by atoms with Crippen molar-refractivity contribution in [3.63, 3.8) is 0 Å². The lowest BCUT2D eigenvalue weighted by Crippen LogP contribution is -2.33. The second-order valence-electron chi connectivity index (χ2n) is 3.44. The average Bonchev–Trinajstić information content (AvgIpc) is 1.98. The number of hydrogen-bond acceptors (Lipinski definition) is 2. The van der Waals surface area contributed by atoms with E-state index in [-0.39, 0.29) is 5.91 Å². The molecule has 0 aromatic rings. The first-order valence-electron chi connectivity index (χ1n) is 4.62. The van der Waals surface area contributed by atoms with Gasteiger partial charge in [0.1, 0.15) is 0 Å². The average molecular weight is 172 g/mol. The Labute approximate surface area is 74.9 Å². The summed E-state index contributed by atoms with van der Waals surface area (Å²) in [5, 5.41) is 0. The molecule has 0 saturated carbocycles. The smallest absolute Gasteiger partial charge is 0.234 e. The van der Waals surface area contributed by atoms with E-state index in [9.17, 15) is 4.79 Å². The van der Waals surface area contributed by atoms with Crippen molar-refractivity contribution in [1.29, 1.82) is 0 Å². The maximum Gasteiger partial charge on any atom is 0.234 e. The normalized spacial score (nSPS) is 10.3. The Bertz CT molecular complexity index is 124. The van der Waals surface area contributed by atoms with Gasteiger partial charge in [0.15, 0.2) is 0 Å². The minimum Gasteiger partial charge on any atom is -0.292 e. The Morgan fingerprint density at radius 3 is 2.50 bits per heavy atom. The van der Waals surface area contributed by atoms with Gasteiger partial charge in [-0.3, -0.25) is 10.2 Å². The van der Waals surface area contributed by atoms with Crippen LogP contribution in [0.15, 0.2) is 0 Å². The largest absolute Gasteiger partial charge is 0.292 e. The zero-order valence-electron chi connectivity index (χ0n) is 8.31. The molecule has 2 N–H and O–H groups in total. The van der Waals surface area contributed by atoms with Crippen LogP contribution in [0.5, 0.6) is 0 Å². The molecule has 0 rings (SSSR count). The molecule has 0 aromatic heterocycles. The fraction of sp³-hybridized carbons (Fsp3) is 0.889. The first-order valence-corrected chi connectivity index (χ1v) is 4.62. The molecule has 0 heterocycles. The van der Waals surface area contributed by atoms with E-state index >= 15 is 0 Å². The summed E-state index contributed by atoms with van der Waals surface area (Å²) in [6.45, 7) is 4.40. The molecule has 0 spiro atoms. The first kappa shape index (κ1) is 11.4. The Hall–Kier alpha value is -0.570. The number of unbranched alkanes of at least 4 members (excludes halogenated alkanes) is 1. The van der Waals surface area contributed by atoms with Crippen LogP contribution in [0.1, 0.15) is 39.5 Å². The molecule has 3 nitrogen and oxygen atoms in total. The SMILES string of the molecule is CNNC(=O)CCCCC(C)C. The van der Waals surface area contributed by atoms with Crippen LogP contribution in [0, 0.1) is 5.92 Å². The summed E-state index contributed by atoms with van der Waals surface area (Å²) in [4.78, 5) is 10.9. The minimum absolute atomic E-state index is 0.0845. The van der Waals surface area contributed by atoms with Gasteiger partial charge in [0.2, 0.25) is 5.91 Å². The molecule has 0 aliphatic heterocycles. The van der Waals surface area contributed by atoms with Gasteiger partial charge in [-0.1, -0.05) is 26.7 Å². The molecule has 72 valence electrons. The van der Waals surface area contributed by atoms with Crippen LogP contribution in [-0.4, -0.2) is 13.0 Å². The van der Waals surface area contributed by atoms with Crippen LogP contribution in [0.25, 0.3) is 0 Å². The molecule has 0 atom stereocenters. The molecule has 3 heteroatoms.